The Hall–Kier alpha value is -2.67. The van der Waals surface area contributed by atoms with Crippen molar-refractivity contribution in [1.29, 1.82) is 0 Å². The third-order valence-corrected chi connectivity index (χ3v) is 5.51. The van der Waals surface area contributed by atoms with E-state index < -0.39 is 0 Å². The summed E-state index contributed by atoms with van der Waals surface area (Å²) in [5, 5.41) is 6.39. The normalized spacial score (nSPS) is 16.6. The largest absolute Gasteiger partial charge is 0.321 e. The molecule has 2 N–H and O–H groups in total. The van der Waals surface area contributed by atoms with Crippen LogP contribution in [0.5, 0.6) is 0 Å². The van der Waals surface area contributed by atoms with E-state index >= 15 is 0 Å². The Bertz CT molecular complexity index is 872. The summed E-state index contributed by atoms with van der Waals surface area (Å²) in [6.07, 6.45) is 3.32. The molecule has 1 saturated heterocycles. The lowest BCUT2D eigenvalue weighted by molar-refractivity contribution is -0.118. The van der Waals surface area contributed by atoms with E-state index in [1.807, 2.05) is 18.2 Å². The van der Waals surface area contributed by atoms with Gasteiger partial charge < -0.3 is 15.5 Å². The van der Waals surface area contributed by atoms with E-state index in [4.69, 9.17) is 0 Å². The van der Waals surface area contributed by atoms with Gasteiger partial charge in [0.1, 0.15) is 0 Å². The Labute approximate surface area is 155 Å². The molecule has 2 heterocycles. The van der Waals surface area contributed by atoms with Gasteiger partial charge in [-0.05, 0) is 49.6 Å². The maximum atomic E-state index is 12.5. The molecule has 0 bridgehead atoms. The summed E-state index contributed by atoms with van der Waals surface area (Å²) in [5.74, 6) is 0.0433. The minimum atomic E-state index is -0.230. The molecule has 1 aromatic heterocycles. The average Bonchev–Trinajstić information content (AvgIpc) is 3.24. The van der Waals surface area contributed by atoms with Crippen LogP contribution in [-0.4, -0.2) is 24.3 Å². The zero-order valence-corrected chi connectivity index (χ0v) is 15.0. The van der Waals surface area contributed by atoms with Gasteiger partial charge >= 0.3 is 0 Å². The molecule has 1 aliphatic carbocycles. The van der Waals surface area contributed by atoms with Crippen molar-refractivity contribution in [2.75, 3.05) is 22.1 Å². The van der Waals surface area contributed by atoms with Gasteiger partial charge in [0, 0.05) is 30.3 Å². The van der Waals surface area contributed by atoms with Gasteiger partial charge in [0.2, 0.25) is 11.8 Å². The van der Waals surface area contributed by atoms with Gasteiger partial charge in [-0.3, -0.25) is 14.4 Å². The smallest absolute Gasteiger partial charge is 0.265 e. The highest BCUT2D eigenvalue weighted by molar-refractivity contribution is 7.18. The molecule has 2 aliphatic rings. The van der Waals surface area contributed by atoms with Crippen molar-refractivity contribution in [2.24, 2.45) is 5.92 Å². The molecule has 0 unspecified atom stereocenters. The summed E-state index contributed by atoms with van der Waals surface area (Å²) in [5.41, 5.74) is 1.44. The zero-order valence-electron chi connectivity index (χ0n) is 14.2. The van der Waals surface area contributed by atoms with Crippen LogP contribution in [0, 0.1) is 5.92 Å². The van der Waals surface area contributed by atoms with Crippen LogP contribution in [0.1, 0.15) is 35.4 Å². The topological polar surface area (TPSA) is 78.5 Å². The molecule has 0 radical (unpaired) electrons. The summed E-state index contributed by atoms with van der Waals surface area (Å²) >= 11 is 1.26. The van der Waals surface area contributed by atoms with Crippen molar-refractivity contribution in [2.45, 2.75) is 25.7 Å². The lowest BCUT2D eigenvalue weighted by atomic mass is 10.2. The summed E-state index contributed by atoms with van der Waals surface area (Å²) in [4.78, 5) is 38.4. The van der Waals surface area contributed by atoms with E-state index in [-0.39, 0.29) is 23.6 Å². The Morgan fingerprint density at radius 1 is 1.12 bits per heavy atom. The molecule has 7 heteroatoms. The standard InChI is InChI=1S/C19H19N3O3S/c23-17-5-2-10-22(17)14-4-1-3-13(11-14)20-19(25)15-8-9-16(26-15)21-18(24)12-6-7-12/h1,3-4,8-9,11-12H,2,5-7,10H2,(H,20,25)(H,21,24). The molecule has 1 saturated carbocycles. The lowest BCUT2D eigenvalue weighted by Crippen LogP contribution is -2.23. The first-order valence-electron chi connectivity index (χ1n) is 8.72. The van der Waals surface area contributed by atoms with Crippen molar-refractivity contribution >= 4 is 45.4 Å². The van der Waals surface area contributed by atoms with Crippen molar-refractivity contribution in [3.05, 3.63) is 41.3 Å². The van der Waals surface area contributed by atoms with E-state index in [9.17, 15) is 14.4 Å². The number of amides is 3. The highest BCUT2D eigenvalue weighted by Gasteiger charge is 2.30. The summed E-state index contributed by atoms with van der Waals surface area (Å²) in [7, 11) is 0. The van der Waals surface area contributed by atoms with Crippen LogP contribution in [0.2, 0.25) is 0 Å². The Kier molecular flexibility index (Phi) is 4.46. The van der Waals surface area contributed by atoms with Gasteiger partial charge in [-0.15, -0.1) is 11.3 Å². The van der Waals surface area contributed by atoms with E-state index in [0.29, 0.717) is 28.5 Å². The van der Waals surface area contributed by atoms with Gasteiger partial charge in [0.25, 0.3) is 5.91 Å². The first-order valence-corrected chi connectivity index (χ1v) is 9.54. The number of benzene rings is 1. The van der Waals surface area contributed by atoms with Gasteiger partial charge in [-0.1, -0.05) is 6.07 Å². The number of hydrogen-bond donors (Lipinski definition) is 2. The SMILES string of the molecule is O=C(Nc1cccc(N2CCCC2=O)c1)c1ccc(NC(=O)C2CC2)s1. The second-order valence-electron chi connectivity index (χ2n) is 6.58. The Balaban J connectivity index is 1.42. The molecular formula is C19H19N3O3S. The second kappa shape index (κ2) is 6.92. The molecule has 0 spiro atoms. The number of nitrogens with zero attached hydrogens (tertiary/aromatic N) is 1. The fraction of sp³-hybridized carbons (Fsp3) is 0.316. The summed E-state index contributed by atoms with van der Waals surface area (Å²) < 4.78 is 0. The summed E-state index contributed by atoms with van der Waals surface area (Å²) in [6.45, 7) is 0.714. The van der Waals surface area contributed by atoms with Crippen LogP contribution in [0.3, 0.4) is 0 Å². The molecule has 3 amide bonds. The number of nitrogens with one attached hydrogen (secondary N) is 2. The van der Waals surface area contributed by atoms with Crippen LogP contribution >= 0.6 is 11.3 Å². The van der Waals surface area contributed by atoms with Crippen molar-refractivity contribution in [1.82, 2.24) is 0 Å². The molecule has 1 aromatic carbocycles. The molecular weight excluding hydrogens is 350 g/mol. The number of hydrogen-bond acceptors (Lipinski definition) is 4. The van der Waals surface area contributed by atoms with Crippen LogP contribution in [-0.2, 0) is 9.59 Å². The quantitative estimate of drug-likeness (QED) is 0.847. The zero-order chi connectivity index (χ0) is 18.1. The molecule has 2 aromatic rings. The van der Waals surface area contributed by atoms with E-state index in [1.165, 1.54) is 11.3 Å². The average molecular weight is 369 g/mol. The number of anilines is 3. The van der Waals surface area contributed by atoms with Crippen molar-refractivity contribution < 1.29 is 14.4 Å². The fourth-order valence-electron chi connectivity index (χ4n) is 2.96. The first kappa shape index (κ1) is 16.8. The second-order valence-corrected chi connectivity index (χ2v) is 7.66. The van der Waals surface area contributed by atoms with Crippen LogP contribution in [0.25, 0.3) is 0 Å². The summed E-state index contributed by atoms with van der Waals surface area (Å²) in [6, 6.07) is 10.8. The number of carbonyl (C=O) groups excluding carboxylic acids is 3. The van der Waals surface area contributed by atoms with Crippen LogP contribution in [0.15, 0.2) is 36.4 Å². The molecule has 2 fully saturated rings. The minimum Gasteiger partial charge on any atom is -0.321 e. The predicted molar refractivity (Wildman–Crippen MR) is 102 cm³/mol. The third-order valence-electron chi connectivity index (χ3n) is 4.51. The van der Waals surface area contributed by atoms with E-state index in [2.05, 4.69) is 10.6 Å². The molecule has 0 atom stereocenters. The number of rotatable bonds is 5. The molecule has 26 heavy (non-hydrogen) atoms. The van der Waals surface area contributed by atoms with Crippen LogP contribution < -0.4 is 15.5 Å². The monoisotopic (exact) mass is 369 g/mol. The Morgan fingerprint density at radius 3 is 2.69 bits per heavy atom. The molecule has 1 aliphatic heterocycles. The minimum absolute atomic E-state index is 0.0294. The van der Waals surface area contributed by atoms with Crippen molar-refractivity contribution in [3.8, 4) is 0 Å². The number of carbonyl (C=O) groups is 3. The Morgan fingerprint density at radius 2 is 1.96 bits per heavy atom. The molecule has 6 nitrogen and oxygen atoms in total. The van der Waals surface area contributed by atoms with Crippen LogP contribution in [0.4, 0.5) is 16.4 Å². The fourth-order valence-corrected chi connectivity index (χ4v) is 3.77. The maximum Gasteiger partial charge on any atom is 0.265 e. The number of thiophene rings is 1. The maximum absolute atomic E-state index is 12.5. The van der Waals surface area contributed by atoms with Crippen molar-refractivity contribution in [3.63, 3.8) is 0 Å². The highest BCUT2D eigenvalue weighted by atomic mass is 32.1. The van der Waals surface area contributed by atoms with Gasteiger partial charge in [-0.2, -0.15) is 0 Å². The highest BCUT2D eigenvalue weighted by Crippen LogP contribution is 2.32. The van der Waals surface area contributed by atoms with Gasteiger partial charge in [0.15, 0.2) is 0 Å². The molecule has 4 rings (SSSR count). The van der Waals surface area contributed by atoms with Gasteiger partial charge in [0.05, 0.1) is 9.88 Å². The molecule has 134 valence electrons. The lowest BCUT2D eigenvalue weighted by Gasteiger charge is -2.16. The third kappa shape index (κ3) is 3.62. The van der Waals surface area contributed by atoms with E-state index in [1.54, 1.807) is 23.1 Å². The van der Waals surface area contributed by atoms with E-state index in [0.717, 1.165) is 24.9 Å². The first-order chi connectivity index (χ1) is 12.6. The van der Waals surface area contributed by atoms with Gasteiger partial charge in [-0.25, -0.2) is 0 Å². The predicted octanol–water partition coefficient (Wildman–Crippen LogP) is 3.48.